The summed E-state index contributed by atoms with van der Waals surface area (Å²) in [6, 6.07) is 14.7. The SMILES string of the molecule is CNCCCN1c2ccc(Cl)cc2N(c2ccccc2)S1(O)O. The summed E-state index contributed by atoms with van der Waals surface area (Å²) in [7, 11) is -1.28. The van der Waals surface area contributed by atoms with Crippen LogP contribution >= 0.6 is 22.6 Å². The molecule has 0 unspecified atom stereocenters. The van der Waals surface area contributed by atoms with Gasteiger partial charge in [-0.05, 0) is 61.3 Å². The number of rotatable bonds is 5. The maximum absolute atomic E-state index is 10.9. The van der Waals surface area contributed by atoms with Crippen LogP contribution < -0.4 is 13.9 Å². The van der Waals surface area contributed by atoms with Crippen molar-refractivity contribution in [2.24, 2.45) is 0 Å². The van der Waals surface area contributed by atoms with Crippen LogP contribution in [0.4, 0.5) is 17.1 Å². The Labute approximate surface area is 143 Å². The molecular formula is C16H20ClN3O2S. The molecule has 1 aliphatic heterocycles. The van der Waals surface area contributed by atoms with Crippen LogP contribution in [0.2, 0.25) is 5.02 Å². The number of halogens is 1. The number of anilines is 3. The minimum absolute atomic E-state index is 0.543. The lowest BCUT2D eigenvalue weighted by atomic mass is 10.2. The van der Waals surface area contributed by atoms with Gasteiger partial charge in [-0.25, -0.2) is 4.31 Å². The minimum atomic E-state index is -3.16. The Morgan fingerprint density at radius 3 is 2.52 bits per heavy atom. The van der Waals surface area contributed by atoms with Gasteiger partial charge >= 0.3 is 0 Å². The number of para-hydroxylation sites is 1. The summed E-state index contributed by atoms with van der Waals surface area (Å²) in [6.45, 7) is 1.35. The van der Waals surface area contributed by atoms with Crippen LogP contribution in [0, 0.1) is 0 Å². The van der Waals surface area contributed by atoms with Gasteiger partial charge < -0.3 is 5.32 Å². The number of nitrogens with one attached hydrogen (secondary N) is 1. The van der Waals surface area contributed by atoms with E-state index in [9.17, 15) is 9.11 Å². The molecule has 2 aromatic rings. The van der Waals surface area contributed by atoms with E-state index in [-0.39, 0.29) is 0 Å². The molecule has 0 atom stereocenters. The van der Waals surface area contributed by atoms with E-state index >= 15 is 0 Å². The Morgan fingerprint density at radius 2 is 1.83 bits per heavy atom. The first-order valence-electron chi connectivity index (χ1n) is 7.41. The highest BCUT2D eigenvalue weighted by molar-refractivity contribution is 8.27. The van der Waals surface area contributed by atoms with Gasteiger partial charge in [0.1, 0.15) is 0 Å². The number of benzene rings is 2. The highest BCUT2D eigenvalue weighted by atomic mass is 35.5. The first-order valence-corrected chi connectivity index (χ1v) is 9.25. The highest BCUT2D eigenvalue weighted by Crippen LogP contribution is 2.64. The van der Waals surface area contributed by atoms with Crippen LogP contribution in [0.1, 0.15) is 6.42 Å². The van der Waals surface area contributed by atoms with Crippen molar-refractivity contribution in [3.05, 3.63) is 53.6 Å². The Bertz CT molecular complexity index is 684. The molecule has 3 rings (SSSR count). The topological polar surface area (TPSA) is 59.0 Å². The third kappa shape index (κ3) is 3.00. The Morgan fingerprint density at radius 1 is 1.09 bits per heavy atom. The Balaban J connectivity index is 2.05. The molecule has 0 radical (unpaired) electrons. The van der Waals surface area contributed by atoms with Crippen LogP contribution in [-0.4, -0.2) is 29.2 Å². The minimum Gasteiger partial charge on any atom is -0.320 e. The second-order valence-corrected chi connectivity index (χ2v) is 7.53. The van der Waals surface area contributed by atoms with Crippen molar-refractivity contribution in [1.29, 1.82) is 0 Å². The van der Waals surface area contributed by atoms with E-state index < -0.39 is 11.0 Å². The smallest absolute Gasteiger partial charge is 0.0910 e. The Kier molecular flexibility index (Phi) is 4.70. The third-order valence-corrected chi connectivity index (χ3v) is 5.85. The molecule has 1 heterocycles. The van der Waals surface area contributed by atoms with Crippen LogP contribution in [0.5, 0.6) is 0 Å². The molecule has 0 saturated carbocycles. The molecule has 23 heavy (non-hydrogen) atoms. The first-order chi connectivity index (χ1) is 11.1. The average molecular weight is 354 g/mol. The van der Waals surface area contributed by atoms with Gasteiger partial charge in [0.25, 0.3) is 0 Å². The largest absolute Gasteiger partial charge is 0.320 e. The van der Waals surface area contributed by atoms with Gasteiger partial charge in [0.2, 0.25) is 0 Å². The maximum atomic E-state index is 10.9. The highest BCUT2D eigenvalue weighted by Gasteiger charge is 2.41. The lowest BCUT2D eigenvalue weighted by molar-refractivity contribution is 0.483. The van der Waals surface area contributed by atoms with Crippen molar-refractivity contribution < 1.29 is 9.11 Å². The van der Waals surface area contributed by atoms with Crippen LogP contribution in [0.25, 0.3) is 0 Å². The Hall–Kier alpha value is -1.44. The molecular weight excluding hydrogens is 334 g/mol. The van der Waals surface area contributed by atoms with Crippen LogP contribution in [0.3, 0.4) is 0 Å². The second-order valence-electron chi connectivity index (χ2n) is 5.31. The van der Waals surface area contributed by atoms with E-state index in [0.717, 1.165) is 24.3 Å². The van der Waals surface area contributed by atoms with E-state index in [1.165, 1.54) is 0 Å². The van der Waals surface area contributed by atoms with Crippen molar-refractivity contribution in [2.45, 2.75) is 6.42 Å². The molecule has 5 nitrogen and oxygen atoms in total. The number of hydrogen-bond donors (Lipinski definition) is 3. The zero-order valence-electron chi connectivity index (χ0n) is 12.8. The summed E-state index contributed by atoms with van der Waals surface area (Å²) in [5.74, 6) is 0. The van der Waals surface area contributed by atoms with Gasteiger partial charge in [0, 0.05) is 11.6 Å². The lowest BCUT2D eigenvalue weighted by Gasteiger charge is -2.43. The van der Waals surface area contributed by atoms with Crippen molar-refractivity contribution in [1.82, 2.24) is 5.32 Å². The zero-order chi connectivity index (χ0) is 16.4. The van der Waals surface area contributed by atoms with E-state index in [1.807, 2.05) is 43.4 Å². The van der Waals surface area contributed by atoms with Crippen LogP contribution in [-0.2, 0) is 0 Å². The molecule has 7 heteroatoms. The monoisotopic (exact) mass is 353 g/mol. The molecule has 0 spiro atoms. The quantitative estimate of drug-likeness (QED) is 0.691. The summed E-state index contributed by atoms with van der Waals surface area (Å²) in [5, 5.41) is 3.65. The van der Waals surface area contributed by atoms with E-state index in [1.54, 1.807) is 20.7 Å². The molecule has 2 aromatic carbocycles. The van der Waals surface area contributed by atoms with Gasteiger partial charge in [-0.1, -0.05) is 29.8 Å². The number of nitrogens with zero attached hydrogens (tertiary/aromatic N) is 2. The van der Waals surface area contributed by atoms with Gasteiger partial charge in [-0.3, -0.25) is 13.4 Å². The standard InChI is InChI=1S/C16H20ClN3O2S/c1-18-10-5-11-19-15-9-8-13(17)12-16(15)20(23(19,21)22)14-6-3-2-4-7-14/h2-4,6-9,12,18,21-22H,5,10-11H2,1H3. The fourth-order valence-electron chi connectivity index (χ4n) is 2.72. The summed E-state index contributed by atoms with van der Waals surface area (Å²) in [6.07, 6.45) is 0.803. The molecule has 3 N–H and O–H groups in total. The van der Waals surface area contributed by atoms with Gasteiger partial charge in [-0.2, -0.15) is 0 Å². The maximum Gasteiger partial charge on any atom is 0.0910 e. The third-order valence-electron chi connectivity index (χ3n) is 3.74. The predicted octanol–water partition coefficient (Wildman–Crippen LogP) is 4.49. The van der Waals surface area contributed by atoms with Gasteiger partial charge in [-0.15, -0.1) is 0 Å². The van der Waals surface area contributed by atoms with E-state index in [4.69, 9.17) is 11.6 Å². The molecule has 0 amide bonds. The second kappa shape index (κ2) is 6.59. The predicted molar refractivity (Wildman–Crippen MR) is 98.8 cm³/mol. The van der Waals surface area contributed by atoms with E-state index in [0.29, 0.717) is 17.3 Å². The summed E-state index contributed by atoms with van der Waals surface area (Å²) in [4.78, 5) is 0. The molecule has 0 saturated heterocycles. The van der Waals surface area contributed by atoms with Crippen molar-refractivity contribution in [3.63, 3.8) is 0 Å². The summed E-state index contributed by atoms with van der Waals surface area (Å²) < 4.78 is 25.1. The summed E-state index contributed by atoms with van der Waals surface area (Å²) >= 11 is 6.13. The fraction of sp³-hybridized carbons (Fsp3) is 0.250. The number of hydrogen-bond acceptors (Lipinski definition) is 5. The first kappa shape index (κ1) is 16.4. The lowest BCUT2D eigenvalue weighted by Crippen LogP contribution is -2.32. The number of fused-ring (bicyclic) bond motifs is 1. The molecule has 0 fully saturated rings. The zero-order valence-corrected chi connectivity index (χ0v) is 14.4. The summed E-state index contributed by atoms with van der Waals surface area (Å²) in [5.41, 5.74) is 2.23. The van der Waals surface area contributed by atoms with Crippen molar-refractivity contribution in [2.75, 3.05) is 28.7 Å². The molecule has 1 aliphatic rings. The molecule has 0 aliphatic carbocycles. The van der Waals surface area contributed by atoms with Crippen molar-refractivity contribution in [3.8, 4) is 0 Å². The fourth-order valence-corrected chi connectivity index (χ4v) is 4.69. The van der Waals surface area contributed by atoms with E-state index in [2.05, 4.69) is 5.32 Å². The van der Waals surface area contributed by atoms with Crippen molar-refractivity contribution >= 4 is 39.6 Å². The van der Waals surface area contributed by atoms with Gasteiger partial charge in [0.05, 0.1) is 17.1 Å². The average Bonchev–Trinajstić information content (AvgIpc) is 2.75. The molecule has 0 bridgehead atoms. The van der Waals surface area contributed by atoms with Crippen LogP contribution in [0.15, 0.2) is 48.5 Å². The molecule has 0 aromatic heterocycles. The normalized spacial score (nSPS) is 17.2. The van der Waals surface area contributed by atoms with Gasteiger partial charge in [0.15, 0.2) is 0 Å². The molecule has 124 valence electrons.